The fraction of sp³-hybridized carbons (Fsp3) is 0.100. The van der Waals surface area contributed by atoms with Crippen LogP contribution in [-0.4, -0.2) is 15.3 Å². The molecule has 2 aliphatic rings. The van der Waals surface area contributed by atoms with Crippen LogP contribution >= 0.6 is 23.4 Å². The number of nitriles is 1. The van der Waals surface area contributed by atoms with Crippen LogP contribution in [0.15, 0.2) is 111 Å². The van der Waals surface area contributed by atoms with Crippen LogP contribution in [0, 0.1) is 18.3 Å². The maximum atomic E-state index is 14.2. The average molecular weight is 567 g/mol. The lowest BCUT2D eigenvalue weighted by atomic mass is 9.82. The number of para-hydroxylation sites is 2. The van der Waals surface area contributed by atoms with Crippen molar-refractivity contribution in [2.45, 2.75) is 17.7 Å². The first-order valence-electron chi connectivity index (χ1n) is 12.4. The number of hydrogen-bond donors (Lipinski definition) is 2. The van der Waals surface area contributed by atoms with Crippen molar-refractivity contribution in [1.29, 1.82) is 5.26 Å². The molecule has 3 aromatic carbocycles. The van der Waals surface area contributed by atoms with Crippen molar-refractivity contribution in [2.75, 3.05) is 10.2 Å². The van der Waals surface area contributed by atoms with Crippen LogP contribution in [0.2, 0.25) is 5.02 Å². The fourth-order valence-corrected chi connectivity index (χ4v) is 6.49. The van der Waals surface area contributed by atoms with Crippen molar-refractivity contribution in [1.82, 2.24) is 9.36 Å². The summed E-state index contributed by atoms with van der Waals surface area (Å²) in [6.07, 6.45) is 0. The van der Waals surface area contributed by atoms with Gasteiger partial charge in [-0.15, -0.1) is 0 Å². The molecule has 0 saturated heterocycles. The summed E-state index contributed by atoms with van der Waals surface area (Å²) in [4.78, 5) is 30.4. The van der Waals surface area contributed by atoms with Crippen LogP contribution < -0.4 is 21.5 Å². The highest BCUT2D eigenvalue weighted by Crippen LogP contribution is 2.54. The normalized spacial score (nSPS) is 16.1. The lowest BCUT2D eigenvalue weighted by Gasteiger charge is -2.33. The third-order valence-electron chi connectivity index (χ3n) is 7.20. The minimum atomic E-state index is -0.768. The van der Waals surface area contributed by atoms with E-state index in [-0.39, 0.29) is 22.6 Å². The number of amides is 1. The number of thioether (sulfide) groups is 1. The van der Waals surface area contributed by atoms with Crippen molar-refractivity contribution >= 4 is 40.6 Å². The number of carbonyl (C=O) groups excluding carboxylic acids is 1. The second-order valence-corrected chi connectivity index (χ2v) is 10.9. The maximum Gasteiger partial charge on any atom is 0.295 e. The molecular formula is C30H23ClN6O2S. The molecule has 4 aromatic rings. The first-order valence-corrected chi connectivity index (χ1v) is 13.6. The number of allylic oxidation sites excluding steroid dienone is 1. The van der Waals surface area contributed by atoms with Gasteiger partial charge in [0.15, 0.2) is 0 Å². The molecule has 0 saturated carbocycles. The number of anilines is 2. The summed E-state index contributed by atoms with van der Waals surface area (Å²) in [6, 6.07) is 26.2. The third-order valence-corrected chi connectivity index (χ3v) is 8.61. The van der Waals surface area contributed by atoms with E-state index in [1.807, 2.05) is 54.6 Å². The zero-order chi connectivity index (χ0) is 28.1. The van der Waals surface area contributed by atoms with E-state index in [1.165, 1.54) is 16.4 Å². The summed E-state index contributed by atoms with van der Waals surface area (Å²) in [6.45, 7) is 1.76. The predicted molar refractivity (Wildman–Crippen MR) is 157 cm³/mol. The molecule has 10 heteroatoms. The summed E-state index contributed by atoms with van der Waals surface area (Å²) in [7, 11) is 1.76. The molecule has 198 valence electrons. The van der Waals surface area contributed by atoms with Crippen molar-refractivity contribution in [3.8, 4) is 11.8 Å². The first-order chi connectivity index (χ1) is 19.3. The minimum absolute atomic E-state index is 0.135. The molecule has 0 spiro atoms. The summed E-state index contributed by atoms with van der Waals surface area (Å²) in [5, 5.41) is 14.4. The van der Waals surface area contributed by atoms with E-state index in [0.717, 1.165) is 10.6 Å². The Morgan fingerprint density at radius 3 is 2.42 bits per heavy atom. The molecule has 0 radical (unpaired) electrons. The number of nitrogens with one attached hydrogen (secondary N) is 1. The molecule has 2 aliphatic heterocycles. The molecule has 1 atom stereocenters. The second-order valence-electron chi connectivity index (χ2n) is 9.41. The maximum absolute atomic E-state index is 14.2. The Morgan fingerprint density at radius 1 is 1.05 bits per heavy atom. The van der Waals surface area contributed by atoms with Gasteiger partial charge in [-0.3, -0.25) is 19.2 Å². The molecular weight excluding hydrogens is 544 g/mol. The number of carbonyl (C=O) groups is 1. The van der Waals surface area contributed by atoms with E-state index < -0.39 is 11.8 Å². The smallest absolute Gasteiger partial charge is 0.295 e. The Hall–Kier alpha value is -4.65. The SMILES string of the molecule is Cc1c(NC(=O)C2=C(N)N3C(=C(C#N)C2c2ccc(Cl)cc2)Sc2ccccc23)c(=O)n(-c2ccccc2)n1C. The zero-order valence-electron chi connectivity index (χ0n) is 21.6. The number of rotatable bonds is 4. The molecule has 0 fully saturated rings. The summed E-state index contributed by atoms with van der Waals surface area (Å²) < 4.78 is 3.18. The van der Waals surface area contributed by atoms with Gasteiger partial charge < -0.3 is 11.1 Å². The molecule has 40 heavy (non-hydrogen) atoms. The average Bonchev–Trinajstić information content (AvgIpc) is 3.45. The zero-order valence-corrected chi connectivity index (χ0v) is 23.1. The van der Waals surface area contributed by atoms with Crippen molar-refractivity contribution in [3.63, 3.8) is 0 Å². The largest absolute Gasteiger partial charge is 0.384 e. The number of fused-ring (bicyclic) bond motifs is 3. The first kappa shape index (κ1) is 25.6. The van der Waals surface area contributed by atoms with Gasteiger partial charge in [0.05, 0.1) is 40.2 Å². The minimum Gasteiger partial charge on any atom is -0.384 e. The van der Waals surface area contributed by atoms with Gasteiger partial charge in [0.2, 0.25) is 0 Å². The predicted octanol–water partition coefficient (Wildman–Crippen LogP) is 5.39. The van der Waals surface area contributed by atoms with E-state index in [2.05, 4.69) is 11.4 Å². The van der Waals surface area contributed by atoms with E-state index in [9.17, 15) is 14.9 Å². The van der Waals surface area contributed by atoms with Crippen molar-refractivity contribution in [2.24, 2.45) is 12.8 Å². The van der Waals surface area contributed by atoms with Crippen LogP contribution in [-0.2, 0) is 11.8 Å². The molecule has 6 rings (SSSR count). The van der Waals surface area contributed by atoms with E-state index >= 15 is 0 Å². The quantitative estimate of drug-likeness (QED) is 0.343. The van der Waals surface area contributed by atoms with Gasteiger partial charge in [-0.25, -0.2) is 4.68 Å². The molecule has 8 nitrogen and oxygen atoms in total. The monoisotopic (exact) mass is 566 g/mol. The highest BCUT2D eigenvalue weighted by atomic mass is 35.5. The molecule has 3 heterocycles. The van der Waals surface area contributed by atoms with Gasteiger partial charge in [-0.05, 0) is 48.9 Å². The number of nitrogens with zero attached hydrogens (tertiary/aromatic N) is 4. The van der Waals surface area contributed by atoms with Crippen LogP contribution in [0.4, 0.5) is 11.4 Å². The van der Waals surface area contributed by atoms with Crippen LogP contribution in [0.5, 0.6) is 0 Å². The Bertz CT molecular complexity index is 1850. The molecule has 1 unspecified atom stereocenters. The Balaban J connectivity index is 1.51. The Morgan fingerprint density at radius 2 is 1.73 bits per heavy atom. The Kier molecular flexibility index (Phi) is 6.29. The van der Waals surface area contributed by atoms with Gasteiger partial charge in [-0.2, -0.15) is 5.26 Å². The fourth-order valence-electron chi connectivity index (χ4n) is 5.18. The van der Waals surface area contributed by atoms with Crippen LogP contribution in [0.1, 0.15) is 17.2 Å². The topological polar surface area (TPSA) is 109 Å². The van der Waals surface area contributed by atoms with E-state index in [1.54, 1.807) is 47.8 Å². The van der Waals surface area contributed by atoms with E-state index in [0.29, 0.717) is 32.6 Å². The van der Waals surface area contributed by atoms with Crippen molar-refractivity contribution in [3.05, 3.63) is 127 Å². The summed E-state index contributed by atoms with van der Waals surface area (Å²) in [5.41, 5.74) is 9.80. The Labute approximate surface area is 239 Å². The molecule has 0 aliphatic carbocycles. The van der Waals surface area contributed by atoms with Gasteiger partial charge in [0.25, 0.3) is 11.5 Å². The lowest BCUT2D eigenvalue weighted by Crippen LogP contribution is -2.37. The summed E-state index contributed by atoms with van der Waals surface area (Å²) in [5.74, 6) is -1.14. The number of benzene rings is 3. The summed E-state index contributed by atoms with van der Waals surface area (Å²) >= 11 is 7.60. The highest BCUT2D eigenvalue weighted by Gasteiger charge is 2.43. The highest BCUT2D eigenvalue weighted by molar-refractivity contribution is 8.03. The second kappa shape index (κ2) is 9.83. The number of hydrogen-bond acceptors (Lipinski definition) is 6. The van der Waals surface area contributed by atoms with Crippen LogP contribution in [0.25, 0.3) is 5.69 Å². The molecule has 0 bridgehead atoms. The lowest BCUT2D eigenvalue weighted by molar-refractivity contribution is -0.113. The standard InChI is InChI=1S/C30H23ClN6O2S/c1-17-26(29(39)37(35(17)2)20-8-4-3-5-9-20)34-28(38)25-24(18-12-14-19(31)15-13-18)21(16-32)30-36(27(25)33)22-10-6-7-11-23(22)40-30/h3-15,24H,33H2,1-2H3,(H,34,38). The number of nitrogens with two attached hydrogens (primary N) is 1. The number of halogens is 1. The van der Waals surface area contributed by atoms with Gasteiger partial charge in [0, 0.05) is 17.0 Å². The molecule has 1 amide bonds. The molecule has 3 N–H and O–H groups in total. The van der Waals surface area contributed by atoms with Gasteiger partial charge in [-0.1, -0.05) is 65.8 Å². The van der Waals surface area contributed by atoms with Crippen LogP contribution in [0.3, 0.4) is 0 Å². The van der Waals surface area contributed by atoms with Crippen molar-refractivity contribution < 1.29 is 4.79 Å². The van der Waals surface area contributed by atoms with Gasteiger partial charge in [0.1, 0.15) is 16.5 Å². The van der Waals surface area contributed by atoms with E-state index in [4.69, 9.17) is 17.3 Å². The number of aromatic nitrogens is 2. The third kappa shape index (κ3) is 3.92. The van der Waals surface area contributed by atoms with Gasteiger partial charge >= 0.3 is 0 Å². The molecule has 1 aromatic heterocycles.